The Morgan fingerprint density at radius 3 is 2.21 bits per heavy atom. The maximum absolute atomic E-state index is 12.4. The van der Waals surface area contributed by atoms with Crippen LogP contribution in [-0.2, 0) is 11.2 Å². The van der Waals surface area contributed by atoms with Crippen molar-refractivity contribution in [2.24, 2.45) is 11.7 Å². The predicted molar refractivity (Wildman–Crippen MR) is 79.8 cm³/mol. The molecule has 0 aliphatic carbocycles. The van der Waals surface area contributed by atoms with Gasteiger partial charge in [-0.15, -0.1) is 0 Å². The molecule has 0 spiro atoms. The van der Waals surface area contributed by atoms with E-state index in [4.69, 9.17) is 5.73 Å². The highest BCUT2D eigenvalue weighted by Gasteiger charge is 2.23. The van der Waals surface area contributed by atoms with Crippen LogP contribution in [0, 0.1) is 5.92 Å². The topological polar surface area (TPSA) is 46.3 Å². The molecule has 1 atom stereocenters. The minimum absolute atomic E-state index is 0.0487. The van der Waals surface area contributed by atoms with Gasteiger partial charge in [-0.2, -0.15) is 0 Å². The Labute approximate surface area is 116 Å². The van der Waals surface area contributed by atoms with E-state index in [9.17, 15) is 4.79 Å². The van der Waals surface area contributed by atoms with Crippen LogP contribution in [0.4, 0.5) is 0 Å². The van der Waals surface area contributed by atoms with Crippen molar-refractivity contribution >= 4 is 5.91 Å². The van der Waals surface area contributed by atoms with Gasteiger partial charge in [-0.25, -0.2) is 0 Å². The van der Waals surface area contributed by atoms with E-state index in [0.29, 0.717) is 12.3 Å². The van der Waals surface area contributed by atoms with Crippen molar-refractivity contribution in [1.29, 1.82) is 0 Å². The summed E-state index contributed by atoms with van der Waals surface area (Å²) in [5.41, 5.74) is 7.18. The highest BCUT2D eigenvalue weighted by atomic mass is 16.2. The van der Waals surface area contributed by atoms with Crippen LogP contribution >= 0.6 is 0 Å². The first kappa shape index (κ1) is 15.7. The number of carbonyl (C=O) groups excluding carboxylic acids is 1. The molecule has 0 aliphatic heterocycles. The van der Waals surface area contributed by atoms with Crippen molar-refractivity contribution < 1.29 is 4.79 Å². The molecule has 1 aromatic carbocycles. The summed E-state index contributed by atoms with van der Waals surface area (Å²) in [6, 6.07) is 9.67. The van der Waals surface area contributed by atoms with Gasteiger partial charge >= 0.3 is 0 Å². The summed E-state index contributed by atoms with van der Waals surface area (Å²) in [6.07, 6.45) is 0.598. The van der Waals surface area contributed by atoms with E-state index >= 15 is 0 Å². The molecule has 19 heavy (non-hydrogen) atoms. The highest BCUT2D eigenvalue weighted by Crippen LogP contribution is 2.09. The normalized spacial score (nSPS) is 12.8. The summed E-state index contributed by atoms with van der Waals surface area (Å²) in [5.74, 6) is 0.503. The molecular formula is C16H26N2O. The molecule has 1 aromatic rings. The van der Waals surface area contributed by atoms with Crippen molar-refractivity contribution in [3.8, 4) is 0 Å². The average Bonchev–Trinajstić information content (AvgIpc) is 2.35. The molecule has 0 saturated carbocycles. The maximum Gasteiger partial charge on any atom is 0.240 e. The number of nitrogens with two attached hydrogens (primary N) is 1. The SMILES string of the molecule is CC(C)CN(C(=O)[C@H](N)Cc1ccccc1)C(C)C. The van der Waals surface area contributed by atoms with E-state index in [-0.39, 0.29) is 11.9 Å². The number of amides is 1. The summed E-state index contributed by atoms with van der Waals surface area (Å²) in [4.78, 5) is 14.3. The van der Waals surface area contributed by atoms with Crippen molar-refractivity contribution in [2.45, 2.75) is 46.2 Å². The molecule has 2 N–H and O–H groups in total. The number of benzene rings is 1. The Balaban J connectivity index is 2.68. The van der Waals surface area contributed by atoms with Gasteiger partial charge in [0.25, 0.3) is 0 Å². The van der Waals surface area contributed by atoms with Gasteiger partial charge < -0.3 is 10.6 Å². The quantitative estimate of drug-likeness (QED) is 0.856. The van der Waals surface area contributed by atoms with Crippen LogP contribution in [0.5, 0.6) is 0 Å². The molecule has 0 aliphatic rings. The number of hydrogen-bond donors (Lipinski definition) is 1. The summed E-state index contributed by atoms with van der Waals surface area (Å²) in [7, 11) is 0. The average molecular weight is 262 g/mol. The fourth-order valence-corrected chi connectivity index (χ4v) is 2.12. The molecule has 106 valence electrons. The monoisotopic (exact) mass is 262 g/mol. The fourth-order valence-electron chi connectivity index (χ4n) is 2.12. The first-order valence-corrected chi connectivity index (χ1v) is 7.01. The van der Waals surface area contributed by atoms with Gasteiger partial charge in [0.2, 0.25) is 5.91 Å². The van der Waals surface area contributed by atoms with Crippen LogP contribution in [-0.4, -0.2) is 29.4 Å². The van der Waals surface area contributed by atoms with Crippen molar-refractivity contribution in [1.82, 2.24) is 4.90 Å². The zero-order valence-corrected chi connectivity index (χ0v) is 12.5. The molecule has 0 aromatic heterocycles. The third kappa shape index (κ3) is 5.03. The Bertz CT molecular complexity index is 387. The third-order valence-corrected chi connectivity index (χ3v) is 3.08. The van der Waals surface area contributed by atoms with E-state index in [2.05, 4.69) is 13.8 Å². The van der Waals surface area contributed by atoms with Gasteiger partial charge in [0.05, 0.1) is 6.04 Å². The van der Waals surface area contributed by atoms with E-state index in [0.717, 1.165) is 12.1 Å². The number of rotatable bonds is 6. The van der Waals surface area contributed by atoms with Gasteiger partial charge in [0.1, 0.15) is 0 Å². The van der Waals surface area contributed by atoms with Crippen LogP contribution < -0.4 is 5.73 Å². The molecule has 3 nitrogen and oxygen atoms in total. The lowest BCUT2D eigenvalue weighted by atomic mass is 10.0. The van der Waals surface area contributed by atoms with E-state index in [1.807, 2.05) is 49.1 Å². The lowest BCUT2D eigenvalue weighted by Gasteiger charge is -2.31. The van der Waals surface area contributed by atoms with E-state index in [1.165, 1.54) is 0 Å². The molecule has 3 heteroatoms. The Morgan fingerprint density at radius 1 is 1.16 bits per heavy atom. The largest absolute Gasteiger partial charge is 0.339 e. The van der Waals surface area contributed by atoms with Crippen LogP contribution in [0.15, 0.2) is 30.3 Å². The number of hydrogen-bond acceptors (Lipinski definition) is 2. The lowest BCUT2D eigenvalue weighted by Crippen LogP contribution is -2.49. The second-order valence-corrected chi connectivity index (χ2v) is 5.77. The fraction of sp³-hybridized carbons (Fsp3) is 0.562. The van der Waals surface area contributed by atoms with Crippen LogP contribution in [0.25, 0.3) is 0 Å². The third-order valence-electron chi connectivity index (χ3n) is 3.08. The summed E-state index contributed by atoms with van der Waals surface area (Å²) < 4.78 is 0. The van der Waals surface area contributed by atoms with Gasteiger partial charge in [0, 0.05) is 12.6 Å². The molecule has 1 rings (SSSR count). The lowest BCUT2D eigenvalue weighted by molar-refractivity contribution is -0.134. The molecular weight excluding hydrogens is 236 g/mol. The van der Waals surface area contributed by atoms with Gasteiger partial charge in [-0.1, -0.05) is 44.2 Å². The second-order valence-electron chi connectivity index (χ2n) is 5.77. The first-order chi connectivity index (χ1) is 8.91. The smallest absolute Gasteiger partial charge is 0.240 e. The van der Waals surface area contributed by atoms with Gasteiger partial charge in [-0.05, 0) is 31.7 Å². The van der Waals surface area contributed by atoms with E-state index < -0.39 is 6.04 Å². The number of carbonyl (C=O) groups is 1. The molecule has 0 fully saturated rings. The second kappa shape index (κ2) is 7.29. The number of nitrogens with zero attached hydrogens (tertiary/aromatic N) is 1. The minimum Gasteiger partial charge on any atom is -0.339 e. The van der Waals surface area contributed by atoms with Crippen molar-refractivity contribution in [3.63, 3.8) is 0 Å². The van der Waals surface area contributed by atoms with E-state index in [1.54, 1.807) is 0 Å². The highest BCUT2D eigenvalue weighted by molar-refractivity contribution is 5.82. The Morgan fingerprint density at radius 2 is 1.74 bits per heavy atom. The molecule has 0 saturated heterocycles. The van der Waals surface area contributed by atoms with Gasteiger partial charge in [0.15, 0.2) is 0 Å². The molecule has 0 radical (unpaired) electrons. The zero-order chi connectivity index (χ0) is 14.4. The summed E-state index contributed by atoms with van der Waals surface area (Å²) in [5, 5.41) is 0. The van der Waals surface area contributed by atoms with Crippen LogP contribution in [0.2, 0.25) is 0 Å². The maximum atomic E-state index is 12.4. The first-order valence-electron chi connectivity index (χ1n) is 7.01. The zero-order valence-electron chi connectivity index (χ0n) is 12.5. The summed E-state index contributed by atoms with van der Waals surface area (Å²) >= 11 is 0. The molecule has 0 heterocycles. The van der Waals surface area contributed by atoms with Crippen LogP contribution in [0.3, 0.4) is 0 Å². The molecule has 1 amide bonds. The van der Waals surface area contributed by atoms with Crippen LogP contribution in [0.1, 0.15) is 33.3 Å². The van der Waals surface area contributed by atoms with Gasteiger partial charge in [-0.3, -0.25) is 4.79 Å². The molecule has 0 bridgehead atoms. The van der Waals surface area contributed by atoms with Crippen molar-refractivity contribution in [2.75, 3.05) is 6.54 Å². The Kier molecular flexibility index (Phi) is 6.03. The summed E-state index contributed by atoms with van der Waals surface area (Å²) in [6.45, 7) is 9.07. The standard InChI is InChI=1S/C16H26N2O/c1-12(2)11-18(13(3)4)16(19)15(17)10-14-8-6-5-7-9-14/h5-9,12-13,15H,10-11,17H2,1-4H3/t15-/m1/s1. The predicted octanol–water partition coefficient (Wildman–Crippen LogP) is 2.45. The van der Waals surface area contributed by atoms with Crippen molar-refractivity contribution in [3.05, 3.63) is 35.9 Å². The Hall–Kier alpha value is -1.35. The molecule has 0 unspecified atom stereocenters. The minimum atomic E-state index is -0.455.